The number of aryl methyl sites for hydroxylation is 1. The van der Waals surface area contributed by atoms with Gasteiger partial charge in [-0.1, -0.05) is 43.6 Å². The largest absolute Gasteiger partial charge is 0.314 e. The van der Waals surface area contributed by atoms with Crippen LogP contribution >= 0.6 is 11.6 Å². The van der Waals surface area contributed by atoms with E-state index in [1.54, 1.807) is 6.07 Å². The number of rotatable bonds is 4. The topological polar surface area (TPSA) is 48.1 Å². The third-order valence-corrected chi connectivity index (χ3v) is 4.65. The summed E-state index contributed by atoms with van der Waals surface area (Å²) in [6, 6.07) is 17.3. The SMILES string of the molecule is Cc1ccc(-c2ccc(Cl)c([N+](=O)[O-])c2)n1-c1ccc(C(C)C)cc1. The first-order valence-electron chi connectivity index (χ1n) is 8.11. The van der Waals surface area contributed by atoms with Gasteiger partial charge in [-0.15, -0.1) is 0 Å². The smallest absolute Gasteiger partial charge is 0.288 e. The number of nitrogens with zero attached hydrogens (tertiary/aromatic N) is 2. The number of hydrogen-bond donors (Lipinski definition) is 0. The molecule has 128 valence electrons. The standard InChI is InChI=1S/C20H19ClN2O2/c1-13(2)15-5-8-17(9-6-15)22-14(3)4-11-19(22)16-7-10-18(21)20(12-16)23(24)25/h4-13H,1-3H3. The number of nitro groups is 1. The highest BCUT2D eigenvalue weighted by Crippen LogP contribution is 2.33. The summed E-state index contributed by atoms with van der Waals surface area (Å²) in [5, 5.41) is 11.3. The van der Waals surface area contributed by atoms with Crippen LogP contribution in [0, 0.1) is 17.0 Å². The van der Waals surface area contributed by atoms with Gasteiger partial charge >= 0.3 is 0 Å². The van der Waals surface area contributed by atoms with E-state index in [4.69, 9.17) is 11.6 Å². The Morgan fingerprint density at radius 1 is 1.04 bits per heavy atom. The van der Waals surface area contributed by atoms with E-state index in [0.29, 0.717) is 5.92 Å². The van der Waals surface area contributed by atoms with E-state index in [0.717, 1.165) is 22.6 Å². The van der Waals surface area contributed by atoms with Crippen molar-refractivity contribution < 1.29 is 4.92 Å². The Kier molecular flexibility index (Phi) is 4.64. The van der Waals surface area contributed by atoms with Gasteiger partial charge in [0, 0.05) is 23.0 Å². The molecule has 0 aliphatic rings. The Balaban J connectivity index is 2.11. The van der Waals surface area contributed by atoms with Crippen molar-refractivity contribution >= 4 is 17.3 Å². The molecule has 1 aromatic heterocycles. The molecule has 0 bridgehead atoms. The summed E-state index contributed by atoms with van der Waals surface area (Å²) in [6.07, 6.45) is 0. The maximum absolute atomic E-state index is 11.2. The first kappa shape index (κ1) is 17.2. The maximum Gasteiger partial charge on any atom is 0.288 e. The molecular formula is C20H19ClN2O2. The van der Waals surface area contributed by atoms with Crippen LogP contribution in [0.15, 0.2) is 54.6 Å². The summed E-state index contributed by atoms with van der Waals surface area (Å²) < 4.78 is 2.09. The molecule has 0 saturated carbocycles. The predicted molar refractivity (Wildman–Crippen MR) is 102 cm³/mol. The maximum atomic E-state index is 11.2. The average Bonchev–Trinajstić information content (AvgIpc) is 2.96. The van der Waals surface area contributed by atoms with Crippen LogP contribution in [0.25, 0.3) is 16.9 Å². The summed E-state index contributed by atoms with van der Waals surface area (Å²) in [7, 11) is 0. The fourth-order valence-electron chi connectivity index (χ4n) is 2.93. The molecule has 0 aliphatic carbocycles. The molecule has 1 heterocycles. The van der Waals surface area contributed by atoms with Crippen molar-refractivity contribution in [3.63, 3.8) is 0 Å². The number of nitro benzene ring substituents is 1. The quantitative estimate of drug-likeness (QED) is 0.417. The van der Waals surface area contributed by atoms with Crippen molar-refractivity contribution in [1.29, 1.82) is 0 Å². The Bertz CT molecular complexity index is 927. The first-order chi connectivity index (χ1) is 11.9. The van der Waals surface area contributed by atoms with E-state index in [9.17, 15) is 10.1 Å². The summed E-state index contributed by atoms with van der Waals surface area (Å²) in [6.45, 7) is 6.34. The average molecular weight is 355 g/mol. The second kappa shape index (κ2) is 6.73. The highest BCUT2D eigenvalue weighted by Gasteiger charge is 2.16. The zero-order chi connectivity index (χ0) is 18.1. The minimum absolute atomic E-state index is 0.0836. The lowest BCUT2D eigenvalue weighted by molar-refractivity contribution is -0.384. The van der Waals surface area contributed by atoms with Gasteiger partial charge in [-0.25, -0.2) is 0 Å². The summed E-state index contributed by atoms with van der Waals surface area (Å²) >= 11 is 5.94. The molecule has 0 unspecified atom stereocenters. The molecule has 0 fully saturated rings. The van der Waals surface area contributed by atoms with Gasteiger partial charge in [0.25, 0.3) is 5.69 Å². The molecule has 0 aliphatic heterocycles. The fourth-order valence-corrected chi connectivity index (χ4v) is 3.11. The van der Waals surface area contributed by atoms with Crippen molar-refractivity contribution in [3.05, 3.63) is 81.0 Å². The minimum Gasteiger partial charge on any atom is -0.314 e. The third kappa shape index (κ3) is 3.30. The minimum atomic E-state index is -0.455. The molecule has 25 heavy (non-hydrogen) atoms. The van der Waals surface area contributed by atoms with Gasteiger partial charge in [0.2, 0.25) is 0 Å². The van der Waals surface area contributed by atoms with Gasteiger partial charge in [0.1, 0.15) is 5.02 Å². The van der Waals surface area contributed by atoms with Crippen molar-refractivity contribution in [1.82, 2.24) is 4.57 Å². The second-order valence-electron chi connectivity index (χ2n) is 6.36. The normalized spacial score (nSPS) is 11.1. The molecule has 0 amide bonds. The van der Waals surface area contributed by atoms with Crippen LogP contribution < -0.4 is 0 Å². The van der Waals surface area contributed by atoms with E-state index in [1.165, 1.54) is 11.6 Å². The summed E-state index contributed by atoms with van der Waals surface area (Å²) in [4.78, 5) is 10.7. The van der Waals surface area contributed by atoms with Gasteiger partial charge in [-0.2, -0.15) is 0 Å². The Hall–Kier alpha value is -2.59. The van der Waals surface area contributed by atoms with Gasteiger partial charge in [-0.3, -0.25) is 10.1 Å². The lowest BCUT2D eigenvalue weighted by Gasteiger charge is -2.14. The molecule has 4 nitrogen and oxygen atoms in total. The molecule has 0 saturated heterocycles. The van der Waals surface area contributed by atoms with Crippen LogP contribution in [0.5, 0.6) is 0 Å². The van der Waals surface area contributed by atoms with Crippen LogP contribution in [0.1, 0.15) is 31.0 Å². The predicted octanol–water partition coefficient (Wildman–Crippen LogP) is 6.14. The zero-order valence-corrected chi connectivity index (χ0v) is 15.1. The summed E-state index contributed by atoms with van der Waals surface area (Å²) in [5.41, 5.74) is 4.94. The molecular weight excluding hydrogens is 336 g/mol. The van der Waals surface area contributed by atoms with Crippen LogP contribution in [-0.2, 0) is 0 Å². The van der Waals surface area contributed by atoms with Crippen LogP contribution in [0.3, 0.4) is 0 Å². The molecule has 0 atom stereocenters. The van der Waals surface area contributed by atoms with Crippen molar-refractivity contribution in [2.45, 2.75) is 26.7 Å². The Morgan fingerprint density at radius 2 is 1.72 bits per heavy atom. The van der Waals surface area contributed by atoms with Crippen molar-refractivity contribution in [3.8, 4) is 16.9 Å². The van der Waals surface area contributed by atoms with E-state index in [-0.39, 0.29) is 10.7 Å². The Morgan fingerprint density at radius 3 is 2.32 bits per heavy atom. The molecule has 0 radical (unpaired) electrons. The van der Waals surface area contributed by atoms with Crippen LogP contribution in [-0.4, -0.2) is 9.49 Å². The lowest BCUT2D eigenvalue weighted by atomic mass is 10.0. The Labute approximate surface area is 151 Å². The lowest BCUT2D eigenvalue weighted by Crippen LogP contribution is -2.00. The van der Waals surface area contributed by atoms with E-state index < -0.39 is 4.92 Å². The molecule has 3 aromatic rings. The van der Waals surface area contributed by atoms with E-state index >= 15 is 0 Å². The van der Waals surface area contributed by atoms with Gasteiger partial charge in [-0.05, 0) is 48.7 Å². The van der Waals surface area contributed by atoms with Gasteiger partial charge in [0.15, 0.2) is 0 Å². The molecule has 2 aromatic carbocycles. The van der Waals surface area contributed by atoms with Gasteiger partial charge < -0.3 is 4.57 Å². The monoisotopic (exact) mass is 354 g/mol. The van der Waals surface area contributed by atoms with E-state index in [1.807, 2.05) is 25.1 Å². The zero-order valence-electron chi connectivity index (χ0n) is 14.4. The van der Waals surface area contributed by atoms with E-state index in [2.05, 4.69) is 42.7 Å². The van der Waals surface area contributed by atoms with Crippen molar-refractivity contribution in [2.24, 2.45) is 0 Å². The number of hydrogen-bond acceptors (Lipinski definition) is 2. The number of halogens is 1. The first-order valence-corrected chi connectivity index (χ1v) is 8.49. The molecule has 0 spiro atoms. The number of aromatic nitrogens is 1. The highest BCUT2D eigenvalue weighted by atomic mass is 35.5. The van der Waals surface area contributed by atoms with Gasteiger partial charge in [0.05, 0.1) is 10.6 Å². The number of benzene rings is 2. The van der Waals surface area contributed by atoms with Crippen LogP contribution in [0.2, 0.25) is 5.02 Å². The molecule has 0 N–H and O–H groups in total. The van der Waals surface area contributed by atoms with Crippen molar-refractivity contribution in [2.75, 3.05) is 0 Å². The highest BCUT2D eigenvalue weighted by molar-refractivity contribution is 6.32. The van der Waals surface area contributed by atoms with Crippen LogP contribution in [0.4, 0.5) is 5.69 Å². The molecule has 5 heteroatoms. The second-order valence-corrected chi connectivity index (χ2v) is 6.77. The fraction of sp³-hybridized carbons (Fsp3) is 0.200. The summed E-state index contributed by atoms with van der Waals surface area (Å²) in [5.74, 6) is 0.471. The third-order valence-electron chi connectivity index (χ3n) is 4.33. The molecule has 3 rings (SSSR count).